The molecule has 0 bridgehead atoms. The van der Waals surface area contributed by atoms with Crippen LogP contribution in [0.4, 0.5) is 4.39 Å². The Morgan fingerprint density at radius 2 is 1.89 bits per heavy atom. The molecule has 2 nitrogen and oxygen atoms in total. The number of ether oxygens (including phenoxy) is 1. The van der Waals surface area contributed by atoms with Crippen LogP contribution in [0, 0.1) is 5.82 Å². The molecule has 0 fully saturated rings. The molecule has 0 aliphatic carbocycles. The van der Waals surface area contributed by atoms with Gasteiger partial charge in [-0.3, -0.25) is 0 Å². The third kappa shape index (κ3) is 2.76. The van der Waals surface area contributed by atoms with Gasteiger partial charge < -0.3 is 9.84 Å². The van der Waals surface area contributed by atoms with E-state index in [1.165, 1.54) is 24.3 Å². The summed E-state index contributed by atoms with van der Waals surface area (Å²) in [6.45, 7) is 3.49. The summed E-state index contributed by atoms with van der Waals surface area (Å²) in [5.74, 6) is 0.153. The van der Waals surface area contributed by atoms with Crippen LogP contribution in [-0.2, 0) is 0 Å². The highest BCUT2D eigenvalue weighted by Gasteiger charge is 2.09. The molecule has 0 radical (unpaired) electrons. The first-order chi connectivity index (χ1) is 8.70. The fourth-order valence-electron chi connectivity index (χ4n) is 1.53. The van der Waals surface area contributed by atoms with Gasteiger partial charge in [-0.05, 0) is 29.8 Å². The summed E-state index contributed by atoms with van der Waals surface area (Å²) in [5.41, 5.74) is 0.539. The molecule has 0 saturated heterocycles. The van der Waals surface area contributed by atoms with E-state index >= 15 is 0 Å². The van der Waals surface area contributed by atoms with Gasteiger partial charge in [0, 0.05) is 0 Å². The van der Waals surface area contributed by atoms with Crippen LogP contribution in [0.2, 0.25) is 0 Å². The number of para-hydroxylation sites is 1. The topological polar surface area (TPSA) is 29.5 Å². The van der Waals surface area contributed by atoms with Gasteiger partial charge in [-0.1, -0.05) is 30.3 Å². The van der Waals surface area contributed by atoms with Crippen molar-refractivity contribution in [1.82, 2.24) is 0 Å². The summed E-state index contributed by atoms with van der Waals surface area (Å²) >= 11 is 0. The second kappa shape index (κ2) is 5.47. The Bertz CT molecular complexity index is 537. The third-order valence-corrected chi connectivity index (χ3v) is 2.49. The SMILES string of the molecule is C=CC(O)c1ccc(F)c(Oc2ccccc2)c1. The molecule has 1 atom stereocenters. The Morgan fingerprint density at radius 1 is 1.17 bits per heavy atom. The maximum Gasteiger partial charge on any atom is 0.165 e. The molecule has 0 saturated carbocycles. The van der Waals surface area contributed by atoms with E-state index in [4.69, 9.17) is 4.74 Å². The van der Waals surface area contributed by atoms with Crippen LogP contribution in [0.15, 0.2) is 61.2 Å². The monoisotopic (exact) mass is 244 g/mol. The van der Waals surface area contributed by atoms with Gasteiger partial charge in [-0.15, -0.1) is 6.58 Å². The second-order valence-electron chi connectivity index (χ2n) is 3.79. The highest BCUT2D eigenvalue weighted by Crippen LogP contribution is 2.27. The van der Waals surface area contributed by atoms with Gasteiger partial charge in [0.1, 0.15) is 5.75 Å². The zero-order valence-electron chi connectivity index (χ0n) is 9.71. The first-order valence-corrected chi connectivity index (χ1v) is 5.53. The van der Waals surface area contributed by atoms with E-state index in [1.807, 2.05) is 6.07 Å². The van der Waals surface area contributed by atoms with Gasteiger partial charge in [0.2, 0.25) is 0 Å². The predicted molar refractivity (Wildman–Crippen MR) is 68.1 cm³/mol. The largest absolute Gasteiger partial charge is 0.454 e. The maximum atomic E-state index is 13.6. The van der Waals surface area contributed by atoms with Gasteiger partial charge in [-0.2, -0.15) is 0 Å². The normalized spacial score (nSPS) is 11.9. The molecule has 1 unspecified atom stereocenters. The molecule has 0 aliphatic rings. The number of benzene rings is 2. The summed E-state index contributed by atoms with van der Waals surface area (Å²) in [4.78, 5) is 0. The smallest absolute Gasteiger partial charge is 0.165 e. The zero-order chi connectivity index (χ0) is 13.0. The van der Waals surface area contributed by atoms with Crippen molar-refractivity contribution in [1.29, 1.82) is 0 Å². The number of hydrogen-bond acceptors (Lipinski definition) is 2. The van der Waals surface area contributed by atoms with Crippen LogP contribution in [0.1, 0.15) is 11.7 Å². The van der Waals surface area contributed by atoms with Gasteiger partial charge in [-0.25, -0.2) is 4.39 Å². The van der Waals surface area contributed by atoms with Gasteiger partial charge in [0.15, 0.2) is 11.6 Å². The van der Waals surface area contributed by atoms with Crippen LogP contribution in [0.25, 0.3) is 0 Å². The van der Waals surface area contributed by atoms with E-state index in [1.54, 1.807) is 24.3 Å². The van der Waals surface area contributed by atoms with Gasteiger partial charge in [0.25, 0.3) is 0 Å². The lowest BCUT2D eigenvalue weighted by Gasteiger charge is -2.10. The number of rotatable bonds is 4. The van der Waals surface area contributed by atoms with Crippen molar-refractivity contribution in [2.75, 3.05) is 0 Å². The Morgan fingerprint density at radius 3 is 2.56 bits per heavy atom. The van der Waals surface area contributed by atoms with Crippen molar-refractivity contribution in [3.8, 4) is 11.5 Å². The number of aliphatic hydroxyl groups is 1. The quantitative estimate of drug-likeness (QED) is 0.828. The molecule has 2 aromatic carbocycles. The lowest BCUT2D eigenvalue weighted by molar-refractivity contribution is 0.228. The third-order valence-electron chi connectivity index (χ3n) is 2.49. The Kier molecular flexibility index (Phi) is 3.75. The Labute approximate surface area is 105 Å². The molecule has 0 spiro atoms. The molecule has 2 rings (SSSR count). The minimum atomic E-state index is -0.830. The van der Waals surface area contributed by atoms with Crippen molar-refractivity contribution >= 4 is 0 Å². The summed E-state index contributed by atoms with van der Waals surface area (Å²) < 4.78 is 19.0. The first-order valence-electron chi connectivity index (χ1n) is 5.53. The lowest BCUT2D eigenvalue weighted by atomic mass is 10.1. The van der Waals surface area contributed by atoms with Crippen molar-refractivity contribution in [2.24, 2.45) is 0 Å². The average molecular weight is 244 g/mol. The molecule has 0 aliphatic heterocycles. The van der Waals surface area contributed by atoms with Crippen LogP contribution in [0.5, 0.6) is 11.5 Å². The fraction of sp³-hybridized carbons (Fsp3) is 0.0667. The first kappa shape index (κ1) is 12.3. The summed E-state index contributed by atoms with van der Waals surface area (Å²) in [6, 6.07) is 13.1. The zero-order valence-corrected chi connectivity index (χ0v) is 9.71. The minimum Gasteiger partial charge on any atom is -0.454 e. The van der Waals surface area contributed by atoms with E-state index in [9.17, 15) is 9.50 Å². The summed E-state index contributed by atoms with van der Waals surface area (Å²) in [5, 5.41) is 9.61. The van der Waals surface area contributed by atoms with Gasteiger partial charge in [0.05, 0.1) is 6.10 Å². The number of hydrogen-bond donors (Lipinski definition) is 1. The van der Waals surface area contributed by atoms with Crippen LogP contribution in [-0.4, -0.2) is 5.11 Å². The molecule has 0 amide bonds. The number of aliphatic hydroxyl groups excluding tert-OH is 1. The van der Waals surface area contributed by atoms with Crippen molar-refractivity contribution in [3.05, 3.63) is 72.6 Å². The Balaban J connectivity index is 2.29. The Hall–Kier alpha value is -2.13. The molecular weight excluding hydrogens is 231 g/mol. The standard InChI is InChI=1S/C15H13FO2/c1-2-14(17)11-8-9-13(16)15(10-11)18-12-6-4-3-5-7-12/h2-10,14,17H,1H2. The van der Waals surface area contributed by atoms with E-state index in [2.05, 4.69) is 6.58 Å². The van der Waals surface area contributed by atoms with Crippen LogP contribution < -0.4 is 4.74 Å². The molecule has 1 N–H and O–H groups in total. The van der Waals surface area contributed by atoms with E-state index < -0.39 is 11.9 Å². The summed E-state index contributed by atoms with van der Waals surface area (Å²) in [7, 11) is 0. The van der Waals surface area contributed by atoms with Crippen molar-refractivity contribution < 1.29 is 14.2 Å². The number of halogens is 1. The second-order valence-corrected chi connectivity index (χ2v) is 3.79. The van der Waals surface area contributed by atoms with E-state index in [0.29, 0.717) is 11.3 Å². The predicted octanol–water partition coefficient (Wildman–Crippen LogP) is 3.84. The summed E-state index contributed by atoms with van der Waals surface area (Å²) in [6.07, 6.45) is 0.545. The van der Waals surface area contributed by atoms with Crippen molar-refractivity contribution in [2.45, 2.75) is 6.10 Å². The highest BCUT2D eigenvalue weighted by molar-refractivity contribution is 5.36. The maximum absolute atomic E-state index is 13.6. The van der Waals surface area contributed by atoms with Crippen LogP contribution in [0.3, 0.4) is 0 Å². The molecule has 3 heteroatoms. The molecule has 92 valence electrons. The molecule has 0 aromatic heterocycles. The van der Waals surface area contributed by atoms with Gasteiger partial charge >= 0.3 is 0 Å². The van der Waals surface area contributed by atoms with Crippen molar-refractivity contribution in [3.63, 3.8) is 0 Å². The fourth-order valence-corrected chi connectivity index (χ4v) is 1.53. The minimum absolute atomic E-state index is 0.0830. The van der Waals surface area contributed by atoms with E-state index in [-0.39, 0.29) is 5.75 Å². The lowest BCUT2D eigenvalue weighted by Crippen LogP contribution is -1.95. The average Bonchev–Trinajstić information content (AvgIpc) is 2.41. The molecule has 0 heterocycles. The molecule has 2 aromatic rings. The van der Waals surface area contributed by atoms with Crippen LogP contribution >= 0.6 is 0 Å². The highest BCUT2D eigenvalue weighted by atomic mass is 19.1. The van der Waals surface area contributed by atoms with E-state index in [0.717, 1.165) is 0 Å². The molecular formula is C15H13FO2. The molecule has 18 heavy (non-hydrogen) atoms.